The van der Waals surface area contributed by atoms with Gasteiger partial charge in [-0.1, -0.05) is 36.4 Å². The monoisotopic (exact) mass is 326 g/mol. The minimum atomic E-state index is -0.288. The summed E-state index contributed by atoms with van der Waals surface area (Å²) in [4.78, 5) is 13.7. The maximum Gasteiger partial charge on any atom is 0.250 e. The summed E-state index contributed by atoms with van der Waals surface area (Å²) in [6.45, 7) is 0. The molecule has 0 aromatic heterocycles. The van der Waals surface area contributed by atoms with Gasteiger partial charge in [0.1, 0.15) is 5.75 Å². The summed E-state index contributed by atoms with van der Waals surface area (Å²) in [5.41, 5.74) is 1.74. The summed E-state index contributed by atoms with van der Waals surface area (Å²) in [6, 6.07) is 17.1. The Morgan fingerprint density at radius 2 is 1.78 bits per heavy atom. The van der Waals surface area contributed by atoms with Gasteiger partial charge in [0.05, 0.1) is 7.11 Å². The molecule has 2 rings (SSSR count). The highest BCUT2D eigenvalue weighted by Gasteiger charge is 2.08. The van der Waals surface area contributed by atoms with Crippen LogP contribution in [-0.2, 0) is 4.79 Å². The first-order valence-electron chi connectivity index (χ1n) is 7.06. The number of thiocarbonyl (C=S) groups is 1. The fourth-order valence-corrected chi connectivity index (χ4v) is 2.18. The third kappa shape index (κ3) is 4.66. The first-order valence-corrected chi connectivity index (χ1v) is 7.47. The summed E-state index contributed by atoms with van der Waals surface area (Å²) in [7, 11) is 3.40. The first-order chi connectivity index (χ1) is 11.1. The van der Waals surface area contributed by atoms with Crippen molar-refractivity contribution in [1.29, 1.82) is 0 Å². The third-order valence-corrected chi connectivity index (χ3v) is 3.61. The van der Waals surface area contributed by atoms with E-state index in [9.17, 15) is 4.79 Å². The quantitative estimate of drug-likeness (QED) is 0.692. The molecule has 0 aliphatic heterocycles. The molecule has 0 fully saturated rings. The molecule has 23 heavy (non-hydrogen) atoms. The number of benzene rings is 2. The second-order valence-electron chi connectivity index (χ2n) is 4.76. The van der Waals surface area contributed by atoms with E-state index in [1.165, 1.54) is 6.08 Å². The van der Waals surface area contributed by atoms with Crippen molar-refractivity contribution in [1.82, 2.24) is 5.32 Å². The second kappa shape index (κ2) is 8.10. The summed E-state index contributed by atoms with van der Waals surface area (Å²) < 4.78 is 5.24. The van der Waals surface area contributed by atoms with Crippen LogP contribution in [0.5, 0.6) is 5.75 Å². The molecular formula is C18H18N2O2S. The largest absolute Gasteiger partial charge is 0.496 e. The Labute approximate surface area is 141 Å². The third-order valence-electron chi connectivity index (χ3n) is 3.23. The standard InChI is InChI=1S/C18H18N2O2S/c1-20(15-9-4-3-5-10-15)18(23)19-17(21)13-12-14-8-6-7-11-16(14)22-2/h3-13H,1-2H3,(H,19,21,23). The Kier molecular flexibility index (Phi) is 5.88. The SMILES string of the molecule is COc1ccccc1C=CC(=O)NC(=S)N(C)c1ccccc1. The minimum absolute atomic E-state index is 0.288. The van der Waals surface area contributed by atoms with Gasteiger partial charge >= 0.3 is 0 Å². The number of nitrogens with one attached hydrogen (secondary N) is 1. The van der Waals surface area contributed by atoms with Crippen molar-refractivity contribution >= 4 is 35.0 Å². The molecule has 0 spiro atoms. The molecule has 2 aromatic carbocycles. The second-order valence-corrected chi connectivity index (χ2v) is 5.15. The number of ether oxygens (including phenoxy) is 1. The van der Waals surface area contributed by atoms with Gasteiger partial charge in [-0.15, -0.1) is 0 Å². The molecule has 4 nitrogen and oxygen atoms in total. The molecule has 0 atom stereocenters. The summed E-state index contributed by atoms with van der Waals surface area (Å²) in [5.74, 6) is 0.421. The molecule has 0 aliphatic carbocycles. The van der Waals surface area contributed by atoms with Crippen LogP contribution >= 0.6 is 12.2 Å². The topological polar surface area (TPSA) is 41.6 Å². The zero-order chi connectivity index (χ0) is 16.7. The predicted octanol–water partition coefficient (Wildman–Crippen LogP) is 3.25. The zero-order valence-corrected chi connectivity index (χ0v) is 13.8. The predicted molar refractivity (Wildman–Crippen MR) is 97.6 cm³/mol. The van der Waals surface area contributed by atoms with E-state index >= 15 is 0 Å². The molecule has 0 radical (unpaired) electrons. The molecule has 2 aromatic rings. The molecule has 0 aliphatic rings. The normalized spacial score (nSPS) is 10.3. The molecule has 0 unspecified atom stereocenters. The van der Waals surface area contributed by atoms with Gasteiger partial charge in [-0.05, 0) is 36.5 Å². The Bertz CT molecular complexity index is 714. The van der Waals surface area contributed by atoms with Crippen LogP contribution in [-0.4, -0.2) is 25.2 Å². The van der Waals surface area contributed by atoms with Crippen LogP contribution in [0.2, 0.25) is 0 Å². The van der Waals surface area contributed by atoms with Crippen molar-refractivity contribution in [3.05, 3.63) is 66.2 Å². The van der Waals surface area contributed by atoms with Crippen LogP contribution in [0.1, 0.15) is 5.56 Å². The minimum Gasteiger partial charge on any atom is -0.496 e. The lowest BCUT2D eigenvalue weighted by Gasteiger charge is -2.19. The Balaban J connectivity index is 1.99. The molecule has 0 heterocycles. The highest BCUT2D eigenvalue weighted by atomic mass is 32.1. The van der Waals surface area contributed by atoms with Gasteiger partial charge in [0, 0.05) is 24.4 Å². The number of amides is 1. The van der Waals surface area contributed by atoms with E-state index in [1.54, 1.807) is 18.1 Å². The average molecular weight is 326 g/mol. The van der Waals surface area contributed by atoms with E-state index in [1.807, 2.05) is 61.6 Å². The molecule has 0 saturated heterocycles. The number of para-hydroxylation sites is 2. The van der Waals surface area contributed by atoms with Crippen molar-refractivity contribution in [2.75, 3.05) is 19.1 Å². The zero-order valence-electron chi connectivity index (χ0n) is 13.0. The van der Waals surface area contributed by atoms with Gasteiger partial charge in [-0.2, -0.15) is 0 Å². The van der Waals surface area contributed by atoms with Crippen LogP contribution in [0, 0.1) is 0 Å². The number of anilines is 1. The number of rotatable bonds is 4. The number of hydrogen-bond acceptors (Lipinski definition) is 3. The van der Waals surface area contributed by atoms with Crippen molar-refractivity contribution in [2.24, 2.45) is 0 Å². The lowest BCUT2D eigenvalue weighted by atomic mass is 10.2. The average Bonchev–Trinajstić information content (AvgIpc) is 2.60. The van der Waals surface area contributed by atoms with Crippen molar-refractivity contribution in [2.45, 2.75) is 0 Å². The van der Waals surface area contributed by atoms with E-state index in [2.05, 4.69) is 5.32 Å². The van der Waals surface area contributed by atoms with Crippen LogP contribution in [0.15, 0.2) is 60.7 Å². The van der Waals surface area contributed by atoms with E-state index in [4.69, 9.17) is 17.0 Å². The first kappa shape index (κ1) is 16.7. The molecule has 1 amide bonds. The Morgan fingerprint density at radius 3 is 2.48 bits per heavy atom. The van der Waals surface area contributed by atoms with Gasteiger partial charge in [0.2, 0.25) is 5.91 Å². The van der Waals surface area contributed by atoms with Crippen molar-refractivity contribution in [3.63, 3.8) is 0 Å². The van der Waals surface area contributed by atoms with Crippen molar-refractivity contribution < 1.29 is 9.53 Å². The summed E-state index contributed by atoms with van der Waals surface area (Å²) >= 11 is 5.25. The molecule has 0 saturated carbocycles. The van der Waals surface area contributed by atoms with E-state index in [-0.39, 0.29) is 5.91 Å². The molecule has 5 heteroatoms. The van der Waals surface area contributed by atoms with E-state index in [0.29, 0.717) is 10.9 Å². The Morgan fingerprint density at radius 1 is 1.13 bits per heavy atom. The van der Waals surface area contributed by atoms with E-state index < -0.39 is 0 Å². The fourth-order valence-electron chi connectivity index (χ4n) is 1.97. The van der Waals surface area contributed by atoms with Crippen LogP contribution in [0.3, 0.4) is 0 Å². The number of carbonyl (C=O) groups excluding carboxylic acids is 1. The molecule has 118 valence electrons. The smallest absolute Gasteiger partial charge is 0.250 e. The molecule has 0 bridgehead atoms. The summed E-state index contributed by atoms with van der Waals surface area (Å²) in [5, 5.41) is 3.02. The number of carbonyl (C=O) groups is 1. The highest BCUT2D eigenvalue weighted by Crippen LogP contribution is 2.18. The number of hydrogen-bond donors (Lipinski definition) is 1. The van der Waals surface area contributed by atoms with E-state index in [0.717, 1.165) is 11.3 Å². The van der Waals surface area contributed by atoms with Gasteiger partial charge in [0.15, 0.2) is 5.11 Å². The molecule has 1 N–H and O–H groups in total. The van der Waals surface area contributed by atoms with Gasteiger partial charge in [-0.3, -0.25) is 10.1 Å². The highest BCUT2D eigenvalue weighted by molar-refractivity contribution is 7.80. The van der Waals surface area contributed by atoms with Crippen LogP contribution in [0.25, 0.3) is 6.08 Å². The van der Waals surface area contributed by atoms with Crippen LogP contribution in [0.4, 0.5) is 5.69 Å². The lowest BCUT2D eigenvalue weighted by Crippen LogP contribution is -2.39. The maximum absolute atomic E-state index is 12.0. The lowest BCUT2D eigenvalue weighted by molar-refractivity contribution is -0.115. The van der Waals surface area contributed by atoms with Crippen LogP contribution < -0.4 is 15.0 Å². The maximum atomic E-state index is 12.0. The summed E-state index contributed by atoms with van der Waals surface area (Å²) in [6.07, 6.45) is 3.13. The van der Waals surface area contributed by atoms with Crippen molar-refractivity contribution in [3.8, 4) is 5.75 Å². The number of nitrogens with zero attached hydrogens (tertiary/aromatic N) is 1. The fraction of sp³-hybridized carbons (Fsp3) is 0.111. The van der Waals surface area contributed by atoms with Gasteiger partial charge in [-0.25, -0.2) is 0 Å². The molecular weight excluding hydrogens is 308 g/mol. The number of methoxy groups -OCH3 is 1. The Hall–Kier alpha value is -2.66. The van der Waals surface area contributed by atoms with Gasteiger partial charge < -0.3 is 9.64 Å². The van der Waals surface area contributed by atoms with Gasteiger partial charge in [0.25, 0.3) is 0 Å².